The number of Topliss-reactive ketones (excluding diaryl/α,β-unsaturated/α-hetero) is 2. The van der Waals surface area contributed by atoms with Crippen LogP contribution in [0.2, 0.25) is 0 Å². The number of ether oxygens (including phenoxy) is 2. The molecular weight excluding hydrogens is 705 g/mol. The normalized spacial score (nSPS) is 39.3. The number of esters is 1. The first kappa shape index (κ1) is 41.4. The first-order chi connectivity index (χ1) is 27.1. The number of hydrogen-bond donors (Lipinski definition) is 5. The number of likely N-dealkylation sites (N-methyl/N-ethyl adjacent to an activating group) is 1. The van der Waals surface area contributed by atoms with Crippen molar-refractivity contribution in [1.29, 1.82) is 0 Å². The van der Waals surface area contributed by atoms with Gasteiger partial charge in [-0.3, -0.25) is 9.59 Å². The van der Waals surface area contributed by atoms with E-state index in [2.05, 4.69) is 84.7 Å². The van der Waals surface area contributed by atoms with Crippen LogP contribution in [0.25, 0.3) is 0 Å². The van der Waals surface area contributed by atoms with E-state index in [1.807, 2.05) is 6.92 Å². The number of carbonyl (C=O) groups is 3. The Bertz CT molecular complexity index is 1630. The second-order valence-corrected chi connectivity index (χ2v) is 18.8. The molecule has 11 atom stereocenters. The third kappa shape index (κ3) is 8.13. The highest BCUT2D eigenvalue weighted by Crippen LogP contribution is 2.64. The van der Waals surface area contributed by atoms with Gasteiger partial charge in [-0.1, -0.05) is 55.4 Å². The average molecular weight is 776 g/mol. The van der Waals surface area contributed by atoms with Gasteiger partial charge in [-0.25, -0.2) is 10.1 Å². The Morgan fingerprint density at radius 3 is 2.73 bits per heavy atom. The Labute approximate surface area is 334 Å². The van der Waals surface area contributed by atoms with Crippen LogP contribution in [-0.2, 0) is 23.9 Å². The Kier molecular flexibility index (Phi) is 13.0. The van der Waals surface area contributed by atoms with Crippen LogP contribution < -0.4 is 21.3 Å². The summed E-state index contributed by atoms with van der Waals surface area (Å²) in [5.41, 5.74) is -0.596. The van der Waals surface area contributed by atoms with Crippen LogP contribution in [-0.4, -0.2) is 86.1 Å². The number of aliphatic hydroxyl groups excluding tert-OH is 1. The summed E-state index contributed by atoms with van der Waals surface area (Å²) in [7, 11) is 2.07. The van der Waals surface area contributed by atoms with E-state index in [9.17, 15) is 9.90 Å². The summed E-state index contributed by atoms with van der Waals surface area (Å²) in [6.45, 7) is 9.25. The van der Waals surface area contributed by atoms with E-state index in [1.54, 1.807) is 0 Å². The summed E-state index contributed by atoms with van der Waals surface area (Å²) in [4.78, 5) is 45.0. The van der Waals surface area contributed by atoms with Crippen LogP contribution in [0.15, 0.2) is 59.3 Å². The highest BCUT2D eigenvalue weighted by Gasteiger charge is 2.87. The summed E-state index contributed by atoms with van der Waals surface area (Å²) in [5, 5.41) is 21.3. The van der Waals surface area contributed by atoms with E-state index in [1.165, 1.54) is 5.57 Å². The van der Waals surface area contributed by atoms with Gasteiger partial charge in [0.2, 0.25) is 0 Å². The minimum Gasteiger partial charge on any atom is -0.463 e. The van der Waals surface area contributed by atoms with Crippen molar-refractivity contribution in [3.05, 3.63) is 59.3 Å². The second-order valence-electron chi connectivity index (χ2n) is 18.8. The van der Waals surface area contributed by atoms with E-state index >= 15 is 9.59 Å². The molecule has 7 rings (SSSR count). The van der Waals surface area contributed by atoms with E-state index in [0.717, 1.165) is 96.0 Å². The lowest BCUT2D eigenvalue weighted by Gasteiger charge is -2.44. The molecule has 10 nitrogen and oxygen atoms in total. The van der Waals surface area contributed by atoms with Crippen molar-refractivity contribution >= 4 is 17.5 Å². The second kappa shape index (κ2) is 17.6. The maximum atomic E-state index is 15.2. The van der Waals surface area contributed by atoms with Crippen LogP contribution in [0.1, 0.15) is 104 Å². The molecule has 0 bridgehead atoms. The number of hydrogen-bond acceptors (Lipinski definition) is 7. The molecule has 0 aromatic carbocycles. The van der Waals surface area contributed by atoms with Crippen molar-refractivity contribution in [3.8, 4) is 0 Å². The van der Waals surface area contributed by atoms with Gasteiger partial charge in [0.25, 0.3) is 5.60 Å². The predicted octanol–water partition coefficient (Wildman–Crippen LogP) is 2.52. The molecule has 2 saturated heterocycles. The molecule has 11 unspecified atom stereocenters. The zero-order valence-electron chi connectivity index (χ0n) is 34.6. The number of nitrogens with two attached hydrogens (primary N) is 3. The fourth-order valence-electron chi connectivity index (χ4n) is 11.7. The molecule has 0 aromatic rings. The minimum atomic E-state index is -1.97. The number of aliphatic hydroxyl groups is 1. The molecule has 10 heteroatoms. The molecule has 7 aliphatic rings. The standard InChI is InChI=1S/C46H68N4O6/c1-5-48-38-24-33-13-8-7-12-32(33)23-35(38)28-55-43(54)46-42(53)40-34(25-44(3)19-9-6-10-20-44)14-11-15-37(40)41(52)45(46,56-46)26-36(27-51)30(2)16-17-31-18-21-49-39(22-31)50-29-47-4/h6,8-10,13,19,24,31-32,34-35,37-40,47-51H,5,7,11-12,14-18,20-23,25-29H2,1-4H3/p+3. The van der Waals surface area contributed by atoms with Crippen LogP contribution in [0.4, 0.5) is 0 Å². The molecule has 0 aromatic heterocycles. The average Bonchev–Trinajstić information content (AvgIpc) is 3.91. The highest BCUT2D eigenvalue weighted by atomic mass is 16.7. The summed E-state index contributed by atoms with van der Waals surface area (Å²) in [6.07, 6.45) is 26.9. The fraction of sp³-hybridized carbons (Fsp3) is 0.717. The van der Waals surface area contributed by atoms with Gasteiger partial charge < -0.3 is 30.5 Å². The third-order valence-corrected chi connectivity index (χ3v) is 14.9. The summed E-state index contributed by atoms with van der Waals surface area (Å²) in [6, 6.07) is 0.169. The lowest BCUT2D eigenvalue weighted by Crippen LogP contribution is -2.97. The molecule has 8 N–H and O–H groups in total. The highest BCUT2D eigenvalue weighted by molar-refractivity contribution is 6.23. The molecule has 0 amide bonds. The molecule has 2 heterocycles. The molecular formula is C46H71N4O6+3. The first-order valence-corrected chi connectivity index (χ1v) is 22.2. The smallest absolute Gasteiger partial charge is 0.350 e. The van der Waals surface area contributed by atoms with Gasteiger partial charge in [-0.15, -0.1) is 0 Å². The number of allylic oxidation sites excluding steroid dienone is 8. The summed E-state index contributed by atoms with van der Waals surface area (Å²) < 4.78 is 12.8. The first-order valence-electron chi connectivity index (χ1n) is 22.2. The number of quaternary nitrogens is 3. The van der Waals surface area contributed by atoms with Crippen molar-refractivity contribution in [1.82, 2.24) is 5.32 Å². The minimum absolute atomic E-state index is 0.0288. The zero-order valence-corrected chi connectivity index (χ0v) is 34.6. The number of rotatable bonds is 16. The van der Waals surface area contributed by atoms with Crippen molar-refractivity contribution in [2.75, 3.05) is 40.0 Å². The maximum Gasteiger partial charge on any atom is 0.350 e. The van der Waals surface area contributed by atoms with Crippen LogP contribution >= 0.6 is 0 Å². The van der Waals surface area contributed by atoms with Gasteiger partial charge in [0.1, 0.15) is 25.5 Å². The number of carbonyl (C=O) groups excluding carboxylic acids is 3. The largest absolute Gasteiger partial charge is 0.463 e. The van der Waals surface area contributed by atoms with Crippen molar-refractivity contribution in [2.45, 2.75) is 128 Å². The number of ketones is 2. The van der Waals surface area contributed by atoms with E-state index in [-0.39, 0.29) is 54.5 Å². The van der Waals surface area contributed by atoms with E-state index in [4.69, 9.17) is 9.47 Å². The molecule has 308 valence electrons. The van der Waals surface area contributed by atoms with E-state index in [0.29, 0.717) is 30.0 Å². The third-order valence-electron chi connectivity index (χ3n) is 14.9. The Hall–Kier alpha value is -2.73. The number of epoxide rings is 1. The van der Waals surface area contributed by atoms with Crippen LogP contribution in [0, 0.1) is 40.9 Å². The Balaban J connectivity index is 1.14. The lowest BCUT2D eigenvalue weighted by atomic mass is 9.55. The Morgan fingerprint density at radius 2 is 1.96 bits per heavy atom. The SMILES string of the molecule is CC[NH2+]C1C=C2C=CCCC2CC1COC(=O)C12OC1(CC(CO)=C(C)CCC1CC[NH2+]C(NC[NH2+]C)C1)C(=O)C1CCCC(CC3(C)C=CC=CC3)C1C2=O. The molecule has 0 spiro atoms. The molecule has 56 heavy (non-hydrogen) atoms. The predicted molar refractivity (Wildman–Crippen MR) is 215 cm³/mol. The molecule has 4 fully saturated rings. The fourth-order valence-corrected chi connectivity index (χ4v) is 11.7. The van der Waals surface area contributed by atoms with Crippen LogP contribution in [0.5, 0.6) is 0 Å². The topological polar surface area (TPSA) is 155 Å². The zero-order chi connectivity index (χ0) is 39.5. The van der Waals surface area contributed by atoms with Crippen molar-refractivity contribution < 1.29 is 44.9 Å². The Morgan fingerprint density at radius 1 is 1.11 bits per heavy atom. The van der Waals surface area contributed by atoms with Gasteiger partial charge in [-0.05, 0) is 118 Å². The lowest BCUT2D eigenvalue weighted by molar-refractivity contribution is -0.716. The van der Waals surface area contributed by atoms with Crippen molar-refractivity contribution in [2.24, 2.45) is 40.9 Å². The van der Waals surface area contributed by atoms with Gasteiger partial charge in [0, 0.05) is 30.6 Å². The van der Waals surface area contributed by atoms with Gasteiger partial charge in [0.15, 0.2) is 17.2 Å². The maximum absolute atomic E-state index is 15.2. The van der Waals surface area contributed by atoms with Gasteiger partial charge in [0.05, 0.1) is 26.7 Å². The molecule has 5 aliphatic carbocycles. The quantitative estimate of drug-likeness (QED) is 0.0531. The summed E-state index contributed by atoms with van der Waals surface area (Å²) >= 11 is 0. The number of piperidine rings is 1. The monoisotopic (exact) mass is 776 g/mol. The van der Waals surface area contributed by atoms with Crippen molar-refractivity contribution in [3.63, 3.8) is 0 Å². The van der Waals surface area contributed by atoms with Gasteiger partial charge in [-0.2, -0.15) is 0 Å². The summed E-state index contributed by atoms with van der Waals surface area (Å²) in [5.74, 6) is -1.09. The van der Waals surface area contributed by atoms with Gasteiger partial charge >= 0.3 is 5.97 Å². The van der Waals surface area contributed by atoms with E-state index < -0.39 is 29.0 Å². The molecule has 0 radical (unpaired) electrons. The molecule has 2 saturated carbocycles. The molecule has 2 aliphatic heterocycles. The number of nitrogens with one attached hydrogen (secondary N) is 1. The number of fused-ring (bicyclic) bond motifs is 3. The van der Waals surface area contributed by atoms with Crippen LogP contribution in [0.3, 0.4) is 0 Å².